The zero-order chi connectivity index (χ0) is 27.6. The molecule has 2 nitrogen and oxygen atoms in total. The second-order valence-corrected chi connectivity index (χ2v) is 14.5. The minimum absolute atomic E-state index is 0.0409. The average Bonchev–Trinajstić information content (AvgIpc) is 3.51. The van der Waals surface area contributed by atoms with E-state index in [9.17, 15) is 0 Å². The Balaban J connectivity index is 1.40. The number of anilines is 2. The second-order valence-electron chi connectivity index (χ2n) is 14.5. The van der Waals surface area contributed by atoms with Crippen molar-refractivity contribution in [2.75, 3.05) is 4.90 Å². The molecule has 0 spiro atoms. The molecule has 4 heterocycles. The highest BCUT2D eigenvalue weighted by Gasteiger charge is 2.61. The predicted molar refractivity (Wildman–Crippen MR) is 173 cm³/mol. The van der Waals surface area contributed by atoms with Gasteiger partial charge in [-0.3, -0.25) is 0 Å². The molecule has 1 aromatic heterocycles. The molecular weight excluding hydrogens is 495 g/mol. The van der Waals surface area contributed by atoms with Gasteiger partial charge in [-0.05, 0) is 77.5 Å². The van der Waals surface area contributed by atoms with E-state index in [0.29, 0.717) is 0 Å². The summed E-state index contributed by atoms with van der Waals surface area (Å²) < 4.78 is 2.68. The molecule has 3 heteroatoms. The Hall–Kier alpha value is -3.72. The summed E-state index contributed by atoms with van der Waals surface area (Å²) in [5.41, 5.74) is 19.2. The van der Waals surface area contributed by atoms with Crippen LogP contribution in [0.1, 0.15) is 75.6 Å². The van der Waals surface area contributed by atoms with Crippen LogP contribution in [0.3, 0.4) is 0 Å². The Morgan fingerprint density at radius 3 is 2.37 bits per heavy atom. The lowest BCUT2D eigenvalue weighted by molar-refractivity contribution is 0.195. The number of benzene rings is 4. The van der Waals surface area contributed by atoms with Gasteiger partial charge in [0.2, 0.25) is 0 Å². The first kappa shape index (κ1) is 22.9. The van der Waals surface area contributed by atoms with Crippen LogP contribution in [-0.2, 0) is 10.8 Å². The summed E-state index contributed by atoms with van der Waals surface area (Å²) in [4.78, 5) is 2.84. The van der Waals surface area contributed by atoms with E-state index in [1.807, 2.05) is 0 Å². The molecule has 3 aliphatic heterocycles. The maximum atomic E-state index is 2.84. The van der Waals surface area contributed by atoms with Gasteiger partial charge < -0.3 is 9.47 Å². The van der Waals surface area contributed by atoms with Crippen LogP contribution in [0.5, 0.6) is 0 Å². The third-order valence-electron chi connectivity index (χ3n) is 12.3. The lowest BCUT2D eigenvalue weighted by Crippen LogP contribution is -2.64. The SMILES string of the molecule is Cc1cc2c3c(c1)-n1c4c(c5cccc(c51)B3c1cccc3c1N2C1(C)CCCCC31C)C(C)(C)c1ccccc1-4. The summed E-state index contributed by atoms with van der Waals surface area (Å²) in [6.45, 7) is 12.6. The Kier molecular flexibility index (Phi) is 3.82. The molecule has 4 aromatic carbocycles. The summed E-state index contributed by atoms with van der Waals surface area (Å²) in [5, 5.41) is 1.43. The topological polar surface area (TPSA) is 8.17 Å². The monoisotopic (exact) mass is 530 g/mol. The number of aromatic nitrogens is 1. The van der Waals surface area contributed by atoms with Gasteiger partial charge in [-0.15, -0.1) is 0 Å². The van der Waals surface area contributed by atoms with Crippen LogP contribution in [0.4, 0.5) is 11.4 Å². The Morgan fingerprint density at radius 1 is 0.756 bits per heavy atom. The van der Waals surface area contributed by atoms with Crippen molar-refractivity contribution in [2.45, 2.75) is 76.7 Å². The summed E-state index contributed by atoms with van der Waals surface area (Å²) in [6, 6.07) is 28.6. The molecule has 10 rings (SSSR count). The van der Waals surface area contributed by atoms with E-state index < -0.39 is 0 Å². The Morgan fingerprint density at radius 2 is 1.49 bits per heavy atom. The number of hydrogen-bond donors (Lipinski definition) is 0. The van der Waals surface area contributed by atoms with Crippen molar-refractivity contribution >= 4 is 45.4 Å². The fourth-order valence-corrected chi connectivity index (χ4v) is 10.4. The number of fused-ring (bicyclic) bond motifs is 12. The van der Waals surface area contributed by atoms with E-state index in [0.717, 1.165) is 0 Å². The van der Waals surface area contributed by atoms with Crippen molar-refractivity contribution < 1.29 is 0 Å². The van der Waals surface area contributed by atoms with Gasteiger partial charge in [0.05, 0.1) is 11.2 Å². The van der Waals surface area contributed by atoms with Crippen molar-refractivity contribution in [1.29, 1.82) is 0 Å². The lowest BCUT2D eigenvalue weighted by Gasteiger charge is -2.52. The van der Waals surface area contributed by atoms with Crippen molar-refractivity contribution in [3.05, 3.63) is 95.1 Å². The molecule has 2 atom stereocenters. The van der Waals surface area contributed by atoms with Crippen LogP contribution in [0.25, 0.3) is 27.8 Å². The molecule has 1 fully saturated rings. The number of para-hydroxylation sites is 2. The van der Waals surface area contributed by atoms with Crippen LogP contribution in [0.2, 0.25) is 0 Å². The van der Waals surface area contributed by atoms with Crippen LogP contribution in [-0.4, -0.2) is 16.8 Å². The minimum atomic E-state index is -0.0409. The number of rotatable bonds is 0. The van der Waals surface area contributed by atoms with Crippen molar-refractivity contribution in [3.63, 3.8) is 0 Å². The van der Waals surface area contributed by atoms with Crippen LogP contribution < -0.4 is 21.3 Å². The predicted octanol–water partition coefficient (Wildman–Crippen LogP) is 7.13. The first-order chi connectivity index (χ1) is 19.8. The van der Waals surface area contributed by atoms with Crippen molar-refractivity contribution in [3.8, 4) is 16.9 Å². The summed E-state index contributed by atoms with van der Waals surface area (Å²) in [7, 11) is 0. The molecule has 0 bridgehead atoms. The first-order valence-corrected chi connectivity index (χ1v) is 15.6. The smallest absolute Gasteiger partial charge is 0.252 e. The molecule has 2 aliphatic carbocycles. The van der Waals surface area contributed by atoms with Gasteiger partial charge in [-0.25, -0.2) is 0 Å². The zero-order valence-corrected chi connectivity index (χ0v) is 24.7. The van der Waals surface area contributed by atoms with Crippen molar-refractivity contribution in [1.82, 2.24) is 4.57 Å². The number of hydrogen-bond acceptors (Lipinski definition) is 1. The molecule has 5 aromatic rings. The molecular formula is C38H35BN2. The Labute approximate surface area is 243 Å². The Bertz CT molecular complexity index is 2050. The van der Waals surface area contributed by atoms with E-state index in [1.165, 1.54) is 98.0 Å². The number of nitrogens with zero attached hydrogens (tertiary/aromatic N) is 2. The largest absolute Gasteiger partial charge is 0.335 e. The van der Waals surface area contributed by atoms with Crippen LogP contribution in [0.15, 0.2) is 72.8 Å². The van der Waals surface area contributed by atoms with Gasteiger partial charge in [0, 0.05) is 44.4 Å². The summed E-state index contributed by atoms with van der Waals surface area (Å²) >= 11 is 0. The molecule has 2 unspecified atom stereocenters. The summed E-state index contributed by atoms with van der Waals surface area (Å²) in [5.74, 6) is 0. The fraction of sp³-hybridized carbons (Fsp3) is 0.316. The van der Waals surface area contributed by atoms with Gasteiger partial charge >= 0.3 is 0 Å². The van der Waals surface area contributed by atoms with E-state index in [-0.39, 0.29) is 23.1 Å². The molecule has 41 heavy (non-hydrogen) atoms. The van der Waals surface area contributed by atoms with E-state index in [2.05, 4.69) is 117 Å². The third kappa shape index (κ3) is 2.26. The normalized spacial score (nSPS) is 25.1. The highest BCUT2D eigenvalue weighted by molar-refractivity contribution is 7.00. The molecule has 5 aliphatic rings. The average molecular weight is 531 g/mol. The lowest BCUT2D eigenvalue weighted by atomic mass is 9.33. The molecule has 0 N–H and O–H groups in total. The second kappa shape index (κ2) is 6.84. The van der Waals surface area contributed by atoms with E-state index >= 15 is 0 Å². The molecule has 0 amide bonds. The molecule has 0 radical (unpaired) electrons. The van der Waals surface area contributed by atoms with Crippen LogP contribution >= 0.6 is 0 Å². The molecule has 1 saturated carbocycles. The quantitative estimate of drug-likeness (QED) is 0.190. The van der Waals surface area contributed by atoms with Gasteiger partial charge in [0.25, 0.3) is 6.71 Å². The highest BCUT2D eigenvalue weighted by atomic mass is 15.3. The highest BCUT2D eigenvalue weighted by Crippen LogP contribution is 2.62. The van der Waals surface area contributed by atoms with E-state index in [1.54, 1.807) is 5.56 Å². The minimum Gasteiger partial charge on any atom is -0.335 e. The van der Waals surface area contributed by atoms with Gasteiger partial charge in [0.1, 0.15) is 0 Å². The van der Waals surface area contributed by atoms with Crippen molar-refractivity contribution in [2.24, 2.45) is 0 Å². The van der Waals surface area contributed by atoms with Gasteiger partial charge in [-0.1, -0.05) is 94.3 Å². The molecule has 200 valence electrons. The fourth-order valence-electron chi connectivity index (χ4n) is 10.4. The van der Waals surface area contributed by atoms with Gasteiger partial charge in [0.15, 0.2) is 0 Å². The third-order valence-corrected chi connectivity index (χ3v) is 12.3. The van der Waals surface area contributed by atoms with Crippen LogP contribution in [0, 0.1) is 6.92 Å². The van der Waals surface area contributed by atoms with E-state index in [4.69, 9.17) is 0 Å². The maximum absolute atomic E-state index is 2.84. The standard InChI is InChI=1S/C38H35BN2/c1-22-20-29-32-30(21-22)41-35-26(37(4)18-8-9-19-38(37,41)5)15-11-17-28(35)39(32)27-16-10-13-24-31-34(40(29)33(24)27)23-12-6-7-14-25(23)36(31,2)3/h6-7,10-17,20-21H,8-9,18-19H2,1-5H3. The summed E-state index contributed by atoms with van der Waals surface area (Å²) in [6.07, 6.45) is 5.14. The molecule has 0 saturated heterocycles. The number of aryl methyl sites for hydroxylation is 1. The van der Waals surface area contributed by atoms with Gasteiger partial charge in [-0.2, -0.15) is 0 Å². The first-order valence-electron chi connectivity index (χ1n) is 15.6. The maximum Gasteiger partial charge on any atom is 0.252 e. The zero-order valence-electron chi connectivity index (χ0n) is 24.7.